The molecule has 9 aromatic carbocycles. The normalized spacial score (nSPS) is 10.7. The molecule has 0 bridgehead atoms. The lowest BCUT2D eigenvalue weighted by atomic mass is 9.91. The summed E-state index contributed by atoms with van der Waals surface area (Å²) < 4.78 is 2.20. The van der Waals surface area contributed by atoms with E-state index in [0.717, 1.165) is 83.4 Å². The Labute approximate surface area is 420 Å². The zero-order valence-corrected chi connectivity index (χ0v) is 38.6. The quantitative estimate of drug-likeness (QED) is 0.141. The van der Waals surface area contributed by atoms with Gasteiger partial charge in [0.05, 0.1) is 71.6 Å². The first kappa shape index (κ1) is 44.3. The van der Waals surface area contributed by atoms with Gasteiger partial charge in [0.25, 0.3) is 0 Å². The van der Waals surface area contributed by atoms with Gasteiger partial charge in [0.15, 0.2) is 22.9 Å². The molecule has 73 heavy (non-hydrogen) atoms. The van der Waals surface area contributed by atoms with Crippen LogP contribution in [0.25, 0.3) is 120 Å². The Kier molecular flexibility index (Phi) is 11.4. The monoisotopic (exact) mass is 927 g/mol. The third kappa shape index (κ3) is 8.13. The number of hydrogen-bond acceptors (Lipinski definition) is 5. The molecule has 0 saturated heterocycles. The molecule has 0 aliphatic carbocycles. The van der Waals surface area contributed by atoms with Crippen LogP contribution in [0.4, 0.5) is 17.1 Å². The molecule has 11 aromatic rings. The zero-order chi connectivity index (χ0) is 50.0. The van der Waals surface area contributed by atoms with E-state index in [1.54, 1.807) is 48.5 Å². The Morgan fingerprint density at radius 3 is 1.51 bits per heavy atom. The highest BCUT2D eigenvalue weighted by atomic mass is 15.0. The maximum Gasteiger partial charge on any atom is 0.196 e. The number of nitrogens with zero attached hydrogens (tertiary/aromatic N) is 9. The maximum absolute atomic E-state index is 10.3. The number of benzene rings is 9. The van der Waals surface area contributed by atoms with Crippen LogP contribution in [0.3, 0.4) is 0 Å². The molecule has 0 aliphatic heterocycles. The van der Waals surface area contributed by atoms with Gasteiger partial charge >= 0.3 is 0 Å². The Morgan fingerprint density at radius 2 is 0.918 bits per heavy atom. The molecule has 0 radical (unpaired) electrons. The van der Waals surface area contributed by atoms with E-state index in [-0.39, 0.29) is 0 Å². The second kappa shape index (κ2) is 18.7. The van der Waals surface area contributed by atoms with E-state index < -0.39 is 0 Å². The number of aromatic nitrogens is 3. The number of nitriles is 3. The predicted molar refractivity (Wildman–Crippen MR) is 287 cm³/mol. The molecule has 2 heterocycles. The number of fused-ring (bicyclic) bond motifs is 3. The molecule has 9 heteroatoms. The van der Waals surface area contributed by atoms with Crippen molar-refractivity contribution in [2.75, 3.05) is 0 Å². The SMILES string of the molecule is [C-]#[N+]c1cccc(-c2cc(-c3nc(-c4ccccc4)cc(-c4ccccc4)n3)cc(-c3cccc(C#N)c3)c2-n2c3ccc(-c4ccc([N+]#[C-])cc4C#N)cc3c3cc(-c4ccc(C#N)cc4[N+]#[C-])ccc32)c1. The van der Waals surface area contributed by atoms with Gasteiger partial charge in [-0.05, 0) is 112 Å². The van der Waals surface area contributed by atoms with Crippen LogP contribution >= 0.6 is 0 Å². The van der Waals surface area contributed by atoms with Crippen molar-refractivity contribution >= 4 is 38.9 Å². The van der Waals surface area contributed by atoms with Gasteiger partial charge in [-0.2, -0.15) is 15.8 Å². The van der Waals surface area contributed by atoms with Crippen LogP contribution in [0.15, 0.2) is 200 Å². The molecular formula is C64H33N9. The van der Waals surface area contributed by atoms with Crippen LogP contribution in [0.1, 0.15) is 16.7 Å². The van der Waals surface area contributed by atoms with E-state index in [4.69, 9.17) is 29.7 Å². The molecule has 11 rings (SSSR count). The lowest BCUT2D eigenvalue weighted by molar-refractivity contribution is 1.17. The molecule has 0 aliphatic rings. The lowest BCUT2D eigenvalue weighted by Gasteiger charge is -2.21. The fraction of sp³-hybridized carbons (Fsp3) is 0. The van der Waals surface area contributed by atoms with Gasteiger partial charge < -0.3 is 4.57 Å². The largest absolute Gasteiger partial charge is 0.308 e. The number of hydrogen-bond donors (Lipinski definition) is 0. The molecule has 0 fully saturated rings. The molecular weight excluding hydrogens is 895 g/mol. The van der Waals surface area contributed by atoms with Crippen molar-refractivity contribution in [2.24, 2.45) is 0 Å². The maximum atomic E-state index is 10.3. The van der Waals surface area contributed by atoms with Gasteiger partial charge in [0, 0.05) is 49.7 Å². The van der Waals surface area contributed by atoms with Crippen LogP contribution in [0.2, 0.25) is 0 Å². The summed E-state index contributed by atoms with van der Waals surface area (Å²) in [6.45, 7) is 23.8. The third-order valence-electron chi connectivity index (χ3n) is 12.9. The van der Waals surface area contributed by atoms with Crippen molar-refractivity contribution in [2.45, 2.75) is 0 Å². The fourth-order valence-electron chi connectivity index (χ4n) is 9.52. The van der Waals surface area contributed by atoms with E-state index in [1.165, 1.54) is 0 Å². The molecule has 2 aromatic heterocycles. The smallest absolute Gasteiger partial charge is 0.196 e. The highest BCUT2D eigenvalue weighted by molar-refractivity contribution is 6.13. The van der Waals surface area contributed by atoms with Crippen molar-refractivity contribution in [1.82, 2.24) is 14.5 Å². The molecule has 0 spiro atoms. The second-order valence-electron chi connectivity index (χ2n) is 17.2. The average molecular weight is 928 g/mol. The van der Waals surface area contributed by atoms with E-state index in [1.807, 2.05) is 127 Å². The highest BCUT2D eigenvalue weighted by Crippen LogP contribution is 2.46. The summed E-state index contributed by atoms with van der Waals surface area (Å²) in [4.78, 5) is 21.8. The molecule has 9 nitrogen and oxygen atoms in total. The molecule has 0 N–H and O–H groups in total. The minimum absolute atomic E-state index is 0.340. The summed E-state index contributed by atoms with van der Waals surface area (Å²) >= 11 is 0. The Hall–Kier alpha value is -11.2. The Bertz CT molecular complexity index is 4070. The minimum atomic E-state index is 0.340. The van der Waals surface area contributed by atoms with Gasteiger partial charge in [0.2, 0.25) is 0 Å². The highest BCUT2D eigenvalue weighted by Gasteiger charge is 2.25. The van der Waals surface area contributed by atoms with Gasteiger partial charge in [0.1, 0.15) is 0 Å². The van der Waals surface area contributed by atoms with Crippen LogP contribution in [0, 0.1) is 53.7 Å². The average Bonchev–Trinajstić information content (AvgIpc) is 3.79. The van der Waals surface area contributed by atoms with Crippen LogP contribution in [-0.4, -0.2) is 14.5 Å². The first-order valence-corrected chi connectivity index (χ1v) is 23.0. The number of rotatable bonds is 8. The van der Waals surface area contributed by atoms with Crippen molar-refractivity contribution in [1.29, 1.82) is 15.8 Å². The molecule has 0 saturated carbocycles. The topological polar surface area (TPSA) is 115 Å². The summed E-state index contributed by atoms with van der Waals surface area (Å²) in [5.74, 6) is 0.471. The Balaban J connectivity index is 1.28. The van der Waals surface area contributed by atoms with E-state index in [2.05, 4.69) is 61.6 Å². The van der Waals surface area contributed by atoms with Gasteiger partial charge in [-0.25, -0.2) is 24.5 Å². The van der Waals surface area contributed by atoms with Crippen molar-refractivity contribution in [3.8, 4) is 102 Å². The third-order valence-corrected chi connectivity index (χ3v) is 12.9. The summed E-state index contributed by atoms with van der Waals surface area (Å²) in [5, 5.41) is 32.1. The first-order chi connectivity index (χ1) is 35.9. The Morgan fingerprint density at radius 1 is 0.384 bits per heavy atom. The van der Waals surface area contributed by atoms with Crippen molar-refractivity contribution < 1.29 is 0 Å². The first-order valence-electron chi connectivity index (χ1n) is 23.0. The van der Waals surface area contributed by atoms with Gasteiger partial charge in [-0.1, -0.05) is 121 Å². The molecule has 0 unspecified atom stereocenters. The minimum Gasteiger partial charge on any atom is -0.308 e. The zero-order valence-electron chi connectivity index (χ0n) is 38.6. The van der Waals surface area contributed by atoms with E-state index in [0.29, 0.717) is 56.3 Å². The van der Waals surface area contributed by atoms with Crippen molar-refractivity contribution in [3.63, 3.8) is 0 Å². The fourth-order valence-corrected chi connectivity index (χ4v) is 9.52. The summed E-state index contributed by atoms with van der Waals surface area (Å²) in [5.41, 5.74) is 14.6. The van der Waals surface area contributed by atoms with E-state index >= 15 is 0 Å². The van der Waals surface area contributed by atoms with Crippen molar-refractivity contribution in [3.05, 3.63) is 251 Å². The van der Waals surface area contributed by atoms with Gasteiger partial charge in [-0.15, -0.1) is 0 Å². The van der Waals surface area contributed by atoms with Crippen LogP contribution < -0.4 is 0 Å². The summed E-state index contributed by atoms with van der Waals surface area (Å²) in [6.07, 6.45) is 0. The van der Waals surface area contributed by atoms with Gasteiger partial charge in [-0.3, -0.25) is 0 Å². The lowest BCUT2D eigenvalue weighted by Crippen LogP contribution is -2.03. The van der Waals surface area contributed by atoms with Crippen LogP contribution in [0.5, 0.6) is 0 Å². The van der Waals surface area contributed by atoms with E-state index in [9.17, 15) is 15.8 Å². The molecule has 0 amide bonds. The predicted octanol–water partition coefficient (Wildman–Crippen LogP) is 16.5. The summed E-state index contributed by atoms with van der Waals surface area (Å²) in [6, 6.07) is 70.2. The molecule has 334 valence electrons. The standard InChI is InChI=1S/C64H33N9/c1-68-50-19-11-18-45(30-50)55-35-48(64-71-58(42-13-6-4-7-14-42)36-59(72-64)43-15-8-5-9-16-43)34-54(44-17-10-12-40(28-44)37-65)63(55)73-61-26-21-46(52-25-23-51(69-2)31-49(52)39-67)32-56(61)57-33-47(22-27-62(57)73)53-24-20-41(38-66)29-60(53)70-3/h4-36H. The molecule has 0 atom stereocenters. The van der Waals surface area contributed by atoms with Crippen LogP contribution in [-0.2, 0) is 0 Å². The summed E-state index contributed by atoms with van der Waals surface area (Å²) in [7, 11) is 0. The second-order valence-corrected chi connectivity index (χ2v) is 17.2.